The van der Waals surface area contributed by atoms with Crippen LogP contribution in [0.25, 0.3) is 0 Å². The minimum atomic E-state index is -0.795. The van der Waals surface area contributed by atoms with Crippen molar-refractivity contribution in [3.8, 4) is 0 Å². The van der Waals surface area contributed by atoms with Gasteiger partial charge in [0, 0.05) is 36.6 Å². The molecule has 3 atom stereocenters. The first kappa shape index (κ1) is 20.7. The van der Waals surface area contributed by atoms with Gasteiger partial charge in [-0.3, -0.25) is 24.6 Å². The van der Waals surface area contributed by atoms with Crippen molar-refractivity contribution in [1.82, 2.24) is 4.90 Å². The molecule has 2 aromatic carbocycles. The zero-order valence-corrected chi connectivity index (χ0v) is 16.5. The second-order valence-corrected chi connectivity index (χ2v) is 7.08. The topological polar surface area (TPSA) is 89.8 Å². The van der Waals surface area contributed by atoms with Gasteiger partial charge in [-0.1, -0.05) is 48.5 Å². The summed E-state index contributed by atoms with van der Waals surface area (Å²) in [6.07, 6.45) is 0.144. The summed E-state index contributed by atoms with van der Waals surface area (Å²) in [6, 6.07) is 14.4. The number of Topliss-reactive ketones (excluding diaryl/α,β-unsaturated/α-hetero) is 1. The number of rotatable bonds is 6. The fraction of sp³-hybridized carbons (Fsp3) is 0.364. The van der Waals surface area contributed by atoms with E-state index in [-0.39, 0.29) is 37.0 Å². The second kappa shape index (κ2) is 8.96. The number of para-hydroxylation sites is 1. The molecule has 1 fully saturated rings. The van der Waals surface area contributed by atoms with Gasteiger partial charge in [0.15, 0.2) is 0 Å². The Morgan fingerprint density at radius 1 is 1.17 bits per heavy atom. The molecule has 3 rings (SSSR count). The van der Waals surface area contributed by atoms with Gasteiger partial charge in [0.25, 0.3) is 5.69 Å². The lowest BCUT2D eigenvalue weighted by molar-refractivity contribution is -0.386. The Morgan fingerprint density at radius 3 is 2.48 bits per heavy atom. The largest absolute Gasteiger partial charge is 0.465 e. The van der Waals surface area contributed by atoms with Crippen molar-refractivity contribution in [3.05, 3.63) is 75.8 Å². The zero-order chi connectivity index (χ0) is 21.0. The molecule has 29 heavy (non-hydrogen) atoms. The van der Waals surface area contributed by atoms with Crippen molar-refractivity contribution in [2.24, 2.45) is 0 Å². The first-order valence-electron chi connectivity index (χ1n) is 9.68. The average Bonchev–Trinajstić information content (AvgIpc) is 2.73. The van der Waals surface area contributed by atoms with Crippen LogP contribution in [0.1, 0.15) is 49.9 Å². The second-order valence-electron chi connectivity index (χ2n) is 7.08. The molecule has 152 valence electrons. The summed E-state index contributed by atoms with van der Waals surface area (Å²) in [7, 11) is 0. The fourth-order valence-electron chi connectivity index (χ4n) is 4.04. The van der Waals surface area contributed by atoms with Gasteiger partial charge >= 0.3 is 5.97 Å². The molecule has 0 saturated carbocycles. The molecule has 7 nitrogen and oxygen atoms in total. The van der Waals surface area contributed by atoms with E-state index in [1.165, 1.54) is 6.07 Å². The summed E-state index contributed by atoms with van der Waals surface area (Å²) in [6.45, 7) is 3.86. The summed E-state index contributed by atoms with van der Waals surface area (Å²) in [5.74, 6) is -0.588. The number of ether oxygens (including phenoxy) is 1. The summed E-state index contributed by atoms with van der Waals surface area (Å²) in [4.78, 5) is 38.4. The third-order valence-corrected chi connectivity index (χ3v) is 5.34. The van der Waals surface area contributed by atoms with Crippen LogP contribution in [0.2, 0.25) is 0 Å². The van der Waals surface area contributed by atoms with Crippen LogP contribution in [0.5, 0.6) is 0 Å². The molecule has 0 radical (unpaired) electrons. The molecule has 0 amide bonds. The van der Waals surface area contributed by atoms with Gasteiger partial charge < -0.3 is 4.74 Å². The van der Waals surface area contributed by atoms with Crippen LogP contribution in [0.3, 0.4) is 0 Å². The van der Waals surface area contributed by atoms with Crippen molar-refractivity contribution in [2.75, 3.05) is 6.61 Å². The van der Waals surface area contributed by atoms with Gasteiger partial charge in [0.1, 0.15) is 11.8 Å². The van der Waals surface area contributed by atoms with Gasteiger partial charge in [0.05, 0.1) is 11.5 Å². The van der Waals surface area contributed by atoms with Crippen LogP contribution >= 0.6 is 0 Å². The molecule has 0 spiro atoms. The number of benzene rings is 2. The highest BCUT2D eigenvalue weighted by molar-refractivity contribution is 5.88. The minimum absolute atomic E-state index is 0.0349. The van der Waals surface area contributed by atoms with E-state index in [0.29, 0.717) is 5.56 Å². The summed E-state index contributed by atoms with van der Waals surface area (Å²) < 4.78 is 5.24. The Morgan fingerprint density at radius 2 is 1.83 bits per heavy atom. The number of ketones is 1. The lowest BCUT2D eigenvalue weighted by atomic mass is 9.86. The quantitative estimate of drug-likeness (QED) is 0.417. The van der Waals surface area contributed by atoms with E-state index in [1.807, 2.05) is 42.2 Å². The standard InChI is InChI=1S/C22H24N2O5/c1-3-29-22(26)21-14-17(25)13-20(18-11-7-8-12-19(18)24(27)28)23(21)15(2)16-9-5-4-6-10-16/h4-12,15,20-21H,3,13-14H2,1-2H3/t15-,20+,21+/m1/s1. The Labute approximate surface area is 169 Å². The number of hydrogen-bond donors (Lipinski definition) is 0. The monoisotopic (exact) mass is 396 g/mol. The van der Waals surface area contributed by atoms with Gasteiger partial charge in [-0.2, -0.15) is 0 Å². The van der Waals surface area contributed by atoms with Crippen molar-refractivity contribution in [2.45, 2.75) is 44.8 Å². The molecule has 1 saturated heterocycles. The third kappa shape index (κ3) is 4.35. The third-order valence-electron chi connectivity index (χ3n) is 5.34. The number of esters is 1. The number of nitro benzene ring substituents is 1. The molecule has 1 aliphatic rings. The maximum absolute atomic E-state index is 12.7. The smallest absolute Gasteiger partial charge is 0.323 e. The lowest BCUT2D eigenvalue weighted by Crippen LogP contribution is -2.50. The maximum atomic E-state index is 12.7. The summed E-state index contributed by atoms with van der Waals surface area (Å²) >= 11 is 0. The van der Waals surface area contributed by atoms with Crippen LogP contribution in [0, 0.1) is 10.1 Å². The van der Waals surface area contributed by atoms with Crippen LogP contribution in [0.4, 0.5) is 5.69 Å². The molecule has 1 aliphatic heterocycles. The highest BCUT2D eigenvalue weighted by Gasteiger charge is 2.44. The Bertz CT molecular complexity index is 899. The molecule has 2 aromatic rings. The number of nitrogens with zero attached hydrogens (tertiary/aromatic N) is 2. The molecular weight excluding hydrogens is 372 g/mol. The normalized spacial score (nSPS) is 20.8. The van der Waals surface area contributed by atoms with E-state index in [0.717, 1.165) is 5.56 Å². The Hall–Kier alpha value is -3.06. The van der Waals surface area contributed by atoms with Gasteiger partial charge in [-0.15, -0.1) is 0 Å². The van der Waals surface area contributed by atoms with Crippen molar-refractivity contribution in [1.29, 1.82) is 0 Å². The Balaban J connectivity index is 2.12. The predicted molar refractivity (Wildman–Crippen MR) is 107 cm³/mol. The number of carbonyl (C=O) groups excluding carboxylic acids is 2. The van der Waals surface area contributed by atoms with Crippen molar-refractivity contribution >= 4 is 17.4 Å². The molecule has 0 aromatic heterocycles. The highest BCUT2D eigenvalue weighted by Crippen LogP contribution is 2.42. The molecule has 0 aliphatic carbocycles. The average molecular weight is 396 g/mol. The van der Waals surface area contributed by atoms with Crippen LogP contribution < -0.4 is 0 Å². The number of carbonyl (C=O) groups is 2. The molecule has 0 bridgehead atoms. The zero-order valence-electron chi connectivity index (χ0n) is 16.5. The first-order valence-corrected chi connectivity index (χ1v) is 9.68. The Kier molecular flexibility index (Phi) is 6.39. The molecule has 0 N–H and O–H groups in total. The molecular formula is C22H24N2O5. The molecule has 7 heteroatoms. The van der Waals surface area contributed by atoms with Crippen LogP contribution in [-0.4, -0.2) is 34.2 Å². The van der Waals surface area contributed by atoms with E-state index < -0.39 is 23.0 Å². The summed E-state index contributed by atoms with van der Waals surface area (Å²) in [5, 5.41) is 11.6. The van der Waals surface area contributed by atoms with Crippen LogP contribution in [0.15, 0.2) is 54.6 Å². The minimum Gasteiger partial charge on any atom is -0.465 e. The van der Waals surface area contributed by atoms with E-state index >= 15 is 0 Å². The van der Waals surface area contributed by atoms with E-state index in [9.17, 15) is 19.7 Å². The van der Waals surface area contributed by atoms with Crippen molar-refractivity contribution < 1.29 is 19.2 Å². The molecule has 0 unspecified atom stereocenters. The van der Waals surface area contributed by atoms with Crippen LogP contribution in [-0.2, 0) is 14.3 Å². The number of nitro groups is 1. The van der Waals surface area contributed by atoms with Gasteiger partial charge in [-0.25, -0.2) is 0 Å². The fourth-order valence-corrected chi connectivity index (χ4v) is 4.04. The van der Waals surface area contributed by atoms with E-state index in [4.69, 9.17) is 4.74 Å². The number of piperidine rings is 1. The van der Waals surface area contributed by atoms with Crippen molar-refractivity contribution in [3.63, 3.8) is 0 Å². The predicted octanol–water partition coefficient (Wildman–Crippen LogP) is 3.99. The number of hydrogen-bond acceptors (Lipinski definition) is 6. The summed E-state index contributed by atoms with van der Waals surface area (Å²) in [5.41, 5.74) is 1.34. The lowest BCUT2D eigenvalue weighted by Gasteiger charge is -2.43. The van der Waals surface area contributed by atoms with Gasteiger partial charge in [0.2, 0.25) is 0 Å². The van der Waals surface area contributed by atoms with E-state index in [1.54, 1.807) is 25.1 Å². The number of likely N-dealkylation sites (tertiary alicyclic amines) is 1. The van der Waals surface area contributed by atoms with Gasteiger partial charge in [-0.05, 0) is 19.4 Å². The highest BCUT2D eigenvalue weighted by atomic mass is 16.6. The van der Waals surface area contributed by atoms with E-state index in [2.05, 4.69) is 0 Å². The SMILES string of the molecule is CCOC(=O)[C@@H]1CC(=O)C[C@@H](c2ccccc2[N+](=O)[O-])N1[C@H](C)c1ccccc1. The molecule has 1 heterocycles. The maximum Gasteiger partial charge on any atom is 0.323 e. The first-order chi connectivity index (χ1) is 13.9.